The Hall–Kier alpha value is -1.03. The largest absolute Gasteiger partial charge is 0.629 e. The number of hydrogen-bond donors (Lipinski definition) is 2. The molecule has 0 saturated carbocycles. The maximum absolute atomic E-state index is 10.5. The summed E-state index contributed by atoms with van der Waals surface area (Å²) in [4.78, 5) is 30.5. The van der Waals surface area contributed by atoms with Gasteiger partial charge in [-0.2, -0.15) is 0 Å². The lowest BCUT2D eigenvalue weighted by Gasteiger charge is -1.98. The van der Waals surface area contributed by atoms with Crippen LogP contribution < -0.4 is 16.2 Å². The Morgan fingerprint density at radius 3 is 2.46 bits per heavy atom. The quantitative estimate of drug-likeness (QED) is 0.305. The third-order valence-corrected chi connectivity index (χ3v) is 1.88. The summed E-state index contributed by atoms with van der Waals surface area (Å²) in [7, 11) is -1.95. The Kier molecular flexibility index (Phi) is 8.48. The summed E-state index contributed by atoms with van der Waals surface area (Å²) in [5.41, 5.74) is -0.605. The van der Waals surface area contributed by atoms with Crippen LogP contribution in [0.25, 0.3) is 0 Å². The van der Waals surface area contributed by atoms with E-state index in [0.717, 1.165) is 11.7 Å². The summed E-state index contributed by atoms with van der Waals surface area (Å²) in [5.74, 6) is 0.541. The van der Waals surface area contributed by atoms with E-state index in [2.05, 4.69) is 0 Å². The van der Waals surface area contributed by atoms with Crippen molar-refractivity contribution in [2.75, 3.05) is 6.35 Å². The van der Waals surface area contributed by atoms with Gasteiger partial charge in [-0.05, 0) is 0 Å². The zero-order valence-corrected chi connectivity index (χ0v) is 7.91. The highest BCUT2D eigenvalue weighted by Gasteiger charge is 2.00. The first-order chi connectivity index (χ1) is 5.61. The normalized spacial score (nSPS) is 9.85. The molecule has 0 fully saturated rings. The van der Waals surface area contributed by atoms with Gasteiger partial charge in [0, 0.05) is 6.42 Å². The summed E-state index contributed by atoms with van der Waals surface area (Å²) < 4.78 is 0. The SMILES string of the molecule is O=C=C(CC=[P+]([O-])CO)C(=O)[O-].[NH4+]. The molecular formula is C6H10NO5P. The third-order valence-electron chi connectivity index (χ3n) is 1.01. The van der Waals surface area contributed by atoms with Crippen LogP contribution in [0.3, 0.4) is 0 Å². The zero-order chi connectivity index (χ0) is 9.56. The van der Waals surface area contributed by atoms with Crippen molar-refractivity contribution < 1.29 is 24.7 Å². The molecule has 0 aliphatic rings. The van der Waals surface area contributed by atoms with E-state index in [9.17, 15) is 19.6 Å². The average Bonchev–Trinajstić information content (AvgIpc) is 2.04. The monoisotopic (exact) mass is 207 g/mol. The van der Waals surface area contributed by atoms with E-state index in [1.54, 1.807) is 0 Å². The lowest BCUT2D eigenvalue weighted by atomic mass is 10.2. The molecule has 0 amide bonds. The third kappa shape index (κ3) is 6.16. The van der Waals surface area contributed by atoms with Crippen molar-refractivity contribution in [3.05, 3.63) is 5.57 Å². The topological polar surface area (TPSA) is 137 Å². The summed E-state index contributed by atoms with van der Waals surface area (Å²) >= 11 is 0. The van der Waals surface area contributed by atoms with Crippen molar-refractivity contribution in [1.82, 2.24) is 6.15 Å². The molecule has 1 unspecified atom stereocenters. The van der Waals surface area contributed by atoms with E-state index in [1.165, 1.54) is 0 Å². The minimum atomic E-state index is -1.95. The molecule has 0 radical (unpaired) electrons. The second-order valence-electron chi connectivity index (χ2n) is 1.81. The van der Waals surface area contributed by atoms with E-state index in [4.69, 9.17) is 5.11 Å². The van der Waals surface area contributed by atoms with Crippen molar-refractivity contribution in [2.24, 2.45) is 0 Å². The van der Waals surface area contributed by atoms with Gasteiger partial charge >= 0.3 is 0 Å². The Labute approximate surface area is 75.6 Å². The van der Waals surface area contributed by atoms with E-state index >= 15 is 0 Å². The number of quaternary nitrogens is 1. The minimum absolute atomic E-state index is 0. The molecule has 1 atom stereocenters. The zero-order valence-electron chi connectivity index (χ0n) is 7.02. The average molecular weight is 207 g/mol. The van der Waals surface area contributed by atoms with E-state index < -0.39 is 25.7 Å². The van der Waals surface area contributed by atoms with Crippen LogP contribution in [-0.4, -0.2) is 29.2 Å². The molecule has 0 aliphatic heterocycles. The van der Waals surface area contributed by atoms with Crippen LogP contribution in [-0.2, 0) is 9.59 Å². The molecule has 0 aromatic rings. The van der Waals surface area contributed by atoms with Gasteiger partial charge in [-0.15, -0.1) is 0 Å². The fourth-order valence-corrected chi connectivity index (χ4v) is 0.919. The Morgan fingerprint density at radius 1 is 1.62 bits per heavy atom. The van der Waals surface area contributed by atoms with Crippen molar-refractivity contribution in [3.8, 4) is 0 Å². The van der Waals surface area contributed by atoms with Gasteiger partial charge in [0.2, 0.25) is 0 Å². The lowest BCUT2D eigenvalue weighted by molar-refractivity contribution is -0.299. The van der Waals surface area contributed by atoms with Crippen molar-refractivity contribution in [3.63, 3.8) is 0 Å². The number of aliphatic hydroxyl groups excluding tert-OH is 1. The number of rotatable bonds is 4. The van der Waals surface area contributed by atoms with Gasteiger partial charge in [0.1, 0.15) is 5.94 Å². The molecular weight excluding hydrogens is 197 g/mol. The van der Waals surface area contributed by atoms with E-state index in [1.807, 2.05) is 0 Å². The molecule has 0 rings (SSSR count). The van der Waals surface area contributed by atoms with Crippen molar-refractivity contribution >= 4 is 25.5 Å². The number of carboxylic acids is 1. The van der Waals surface area contributed by atoms with Crippen LogP contribution in [0.15, 0.2) is 5.57 Å². The van der Waals surface area contributed by atoms with Gasteiger partial charge in [0.15, 0.2) is 6.35 Å². The fourth-order valence-electron chi connectivity index (χ4n) is 0.418. The molecule has 5 N–H and O–H groups in total. The smallest absolute Gasteiger partial charge is 0.198 e. The highest BCUT2D eigenvalue weighted by molar-refractivity contribution is 7.49. The van der Waals surface area contributed by atoms with Crippen molar-refractivity contribution in [1.29, 1.82) is 0 Å². The van der Waals surface area contributed by atoms with Gasteiger partial charge < -0.3 is 26.1 Å². The fraction of sp³-hybridized carbons (Fsp3) is 0.333. The highest BCUT2D eigenvalue weighted by atomic mass is 31.1. The van der Waals surface area contributed by atoms with Crippen LogP contribution in [0, 0.1) is 0 Å². The van der Waals surface area contributed by atoms with Crippen LogP contribution in [0.2, 0.25) is 0 Å². The van der Waals surface area contributed by atoms with Crippen LogP contribution in [0.4, 0.5) is 0 Å². The van der Waals surface area contributed by atoms with Gasteiger partial charge in [0.05, 0.1) is 25.1 Å². The summed E-state index contributed by atoms with van der Waals surface area (Å²) in [5, 5.41) is 18.3. The molecule has 0 aromatic carbocycles. The van der Waals surface area contributed by atoms with Crippen molar-refractivity contribution in [2.45, 2.75) is 6.42 Å². The predicted octanol–water partition coefficient (Wildman–Crippen LogP) is -2.23. The number of carboxylic acid groups (broad SMARTS) is 1. The Morgan fingerprint density at radius 2 is 2.15 bits per heavy atom. The van der Waals surface area contributed by atoms with Gasteiger partial charge in [-0.1, -0.05) is 0 Å². The second-order valence-corrected chi connectivity index (χ2v) is 3.30. The Balaban J connectivity index is 0. The first-order valence-corrected chi connectivity index (χ1v) is 4.46. The lowest BCUT2D eigenvalue weighted by Crippen LogP contribution is -2.25. The van der Waals surface area contributed by atoms with Crippen LogP contribution in [0.5, 0.6) is 0 Å². The van der Waals surface area contributed by atoms with Gasteiger partial charge in [0.25, 0.3) is 0 Å². The number of hydrogen-bond acceptors (Lipinski definition) is 5. The maximum atomic E-state index is 10.5. The van der Waals surface area contributed by atoms with E-state index in [0.29, 0.717) is 0 Å². The summed E-state index contributed by atoms with van der Waals surface area (Å²) in [6, 6.07) is 0. The van der Waals surface area contributed by atoms with Crippen LogP contribution >= 0.6 is 7.77 Å². The van der Waals surface area contributed by atoms with Gasteiger partial charge in [-0.25, -0.2) is 4.79 Å². The standard InChI is InChI=1S/C6H7O5P.H3N/c7-3-5(6(9)10)1-2-12(11)4-8;/h2,8H,1,4H2,(H,9,10);1H3. The number of aliphatic carboxylic acids is 1. The van der Waals surface area contributed by atoms with Crippen LogP contribution in [0.1, 0.15) is 6.42 Å². The minimum Gasteiger partial charge on any atom is -0.629 e. The molecule has 7 heteroatoms. The number of carbonyl (C=O) groups excluding carboxylic acids is 2. The molecule has 0 aliphatic carbocycles. The molecule has 0 aromatic heterocycles. The molecule has 6 nitrogen and oxygen atoms in total. The first kappa shape index (κ1) is 14.5. The summed E-state index contributed by atoms with van der Waals surface area (Å²) in [6.45, 7) is 0. The molecule has 0 heterocycles. The highest BCUT2D eigenvalue weighted by Crippen LogP contribution is 2.07. The number of carbonyl (C=O) groups is 1. The molecule has 74 valence electrons. The van der Waals surface area contributed by atoms with E-state index in [-0.39, 0.29) is 12.6 Å². The van der Waals surface area contributed by atoms with Gasteiger partial charge in [-0.3, -0.25) is 0 Å². The second kappa shape index (κ2) is 7.61. The summed E-state index contributed by atoms with van der Waals surface area (Å²) in [6.07, 6.45) is -0.865. The molecule has 0 spiro atoms. The number of aliphatic hydroxyl groups is 1. The predicted molar refractivity (Wildman–Crippen MR) is 44.9 cm³/mol. The molecule has 0 saturated heterocycles. The maximum Gasteiger partial charge on any atom is 0.198 e. The molecule has 13 heavy (non-hydrogen) atoms. The molecule has 0 bridgehead atoms. The first-order valence-electron chi connectivity index (χ1n) is 2.95. The Bertz CT molecular complexity index is 256.